The molecular weight excluding hydrogens is 355 g/mol. The average molecular weight is 376 g/mol. The summed E-state index contributed by atoms with van der Waals surface area (Å²) in [4.78, 5) is 0. The fourth-order valence-electron chi connectivity index (χ4n) is 5.56. The van der Waals surface area contributed by atoms with Crippen LogP contribution in [0, 0.1) is 0 Å². The summed E-state index contributed by atoms with van der Waals surface area (Å²) in [6.07, 6.45) is 0. The quantitative estimate of drug-likeness (QED) is 0.362. The summed E-state index contributed by atoms with van der Waals surface area (Å²) in [7, 11) is -0.294. The van der Waals surface area contributed by atoms with E-state index in [9.17, 15) is 0 Å². The highest BCUT2D eigenvalue weighted by molar-refractivity contribution is 7.78. The van der Waals surface area contributed by atoms with Gasteiger partial charge in [0, 0.05) is 16.2 Å². The van der Waals surface area contributed by atoms with Gasteiger partial charge < -0.3 is 0 Å². The Kier molecular flexibility index (Phi) is 3.43. The first-order valence-corrected chi connectivity index (χ1v) is 11.3. The van der Waals surface area contributed by atoms with Gasteiger partial charge in [-0.1, -0.05) is 121 Å². The molecular formula is C27H21P. The van der Waals surface area contributed by atoms with E-state index in [1.165, 1.54) is 22.0 Å². The van der Waals surface area contributed by atoms with E-state index in [4.69, 9.17) is 0 Å². The van der Waals surface area contributed by atoms with Crippen molar-refractivity contribution in [2.24, 2.45) is 0 Å². The first-order valence-electron chi connectivity index (χ1n) is 9.93. The van der Waals surface area contributed by atoms with Crippen molar-refractivity contribution < 1.29 is 0 Å². The lowest BCUT2D eigenvalue weighted by Gasteiger charge is -2.24. The third kappa shape index (κ3) is 1.89. The molecule has 1 heterocycles. The predicted octanol–water partition coefficient (Wildman–Crippen LogP) is 6.40. The molecule has 2 fully saturated rings. The highest BCUT2D eigenvalue weighted by Gasteiger charge is 2.98. The lowest BCUT2D eigenvalue weighted by Crippen LogP contribution is -2.11. The SMILES string of the molecule is c1ccc(C2[C@@]3(c4ccccc4)P(c4ccccc4)[C@@]23c2ccccc2)cc1. The molecule has 1 saturated carbocycles. The molecule has 2 unspecified atom stereocenters. The average Bonchev–Trinajstić information content (AvgIpc) is 3.62. The van der Waals surface area contributed by atoms with Crippen LogP contribution in [0.2, 0.25) is 0 Å². The van der Waals surface area contributed by atoms with Gasteiger partial charge in [-0.05, 0) is 29.9 Å². The normalized spacial score (nSPS) is 29.7. The van der Waals surface area contributed by atoms with Crippen LogP contribution >= 0.6 is 7.92 Å². The first-order chi connectivity index (χ1) is 13.9. The first kappa shape index (κ1) is 16.3. The third-order valence-electron chi connectivity index (χ3n) is 6.56. The van der Waals surface area contributed by atoms with Gasteiger partial charge in [0.1, 0.15) is 0 Å². The van der Waals surface area contributed by atoms with Crippen LogP contribution in [-0.2, 0) is 10.3 Å². The zero-order valence-electron chi connectivity index (χ0n) is 15.6. The molecule has 1 heteroatoms. The fourth-order valence-corrected chi connectivity index (χ4v) is 9.99. The predicted molar refractivity (Wildman–Crippen MR) is 118 cm³/mol. The van der Waals surface area contributed by atoms with Crippen LogP contribution in [0.4, 0.5) is 0 Å². The molecule has 4 atom stereocenters. The minimum absolute atomic E-state index is 0.216. The molecule has 0 aromatic heterocycles. The maximum Gasteiger partial charge on any atom is 0.0430 e. The Labute approximate surface area is 167 Å². The smallest absolute Gasteiger partial charge is 0.0430 e. The maximum atomic E-state index is 2.35. The summed E-state index contributed by atoms with van der Waals surface area (Å²) in [5.41, 5.74) is 4.48. The number of hydrogen-bond acceptors (Lipinski definition) is 0. The molecule has 0 spiro atoms. The van der Waals surface area contributed by atoms with Crippen LogP contribution in [0.3, 0.4) is 0 Å². The van der Waals surface area contributed by atoms with Crippen LogP contribution in [0.25, 0.3) is 0 Å². The van der Waals surface area contributed by atoms with E-state index in [-0.39, 0.29) is 18.2 Å². The second-order valence-corrected chi connectivity index (χ2v) is 10.4. The largest absolute Gasteiger partial charge is 0.0622 e. The Morgan fingerprint density at radius 2 is 0.857 bits per heavy atom. The van der Waals surface area contributed by atoms with Crippen molar-refractivity contribution in [3.05, 3.63) is 138 Å². The molecule has 4 aromatic rings. The van der Waals surface area contributed by atoms with Gasteiger partial charge in [0.05, 0.1) is 0 Å². The summed E-state index contributed by atoms with van der Waals surface area (Å²) in [6.45, 7) is 0. The van der Waals surface area contributed by atoms with E-state index >= 15 is 0 Å². The molecule has 134 valence electrons. The summed E-state index contributed by atoms with van der Waals surface area (Å²) < 4.78 is 0. The zero-order valence-corrected chi connectivity index (χ0v) is 16.5. The van der Waals surface area contributed by atoms with Crippen LogP contribution < -0.4 is 5.30 Å². The van der Waals surface area contributed by atoms with Gasteiger partial charge in [0.2, 0.25) is 0 Å². The van der Waals surface area contributed by atoms with Gasteiger partial charge in [-0.3, -0.25) is 0 Å². The summed E-state index contributed by atoms with van der Waals surface area (Å²) in [6, 6.07) is 44.9. The maximum absolute atomic E-state index is 2.35. The van der Waals surface area contributed by atoms with E-state index in [2.05, 4.69) is 121 Å². The van der Waals surface area contributed by atoms with Gasteiger partial charge in [0.15, 0.2) is 0 Å². The van der Waals surface area contributed by atoms with Crippen molar-refractivity contribution in [3.8, 4) is 0 Å². The second-order valence-electron chi connectivity index (χ2n) is 7.78. The van der Waals surface area contributed by atoms with Crippen molar-refractivity contribution in [1.29, 1.82) is 0 Å². The molecule has 1 aliphatic heterocycles. The van der Waals surface area contributed by atoms with Gasteiger partial charge >= 0.3 is 0 Å². The van der Waals surface area contributed by atoms with Gasteiger partial charge in [-0.15, -0.1) is 0 Å². The topological polar surface area (TPSA) is 0 Å². The monoisotopic (exact) mass is 376 g/mol. The highest BCUT2D eigenvalue weighted by Crippen LogP contribution is 3.12. The van der Waals surface area contributed by atoms with Crippen LogP contribution in [0.5, 0.6) is 0 Å². The van der Waals surface area contributed by atoms with E-state index in [0.29, 0.717) is 5.92 Å². The minimum Gasteiger partial charge on any atom is -0.0622 e. The van der Waals surface area contributed by atoms with Crippen LogP contribution in [0.1, 0.15) is 22.6 Å². The van der Waals surface area contributed by atoms with E-state index in [0.717, 1.165) is 0 Å². The van der Waals surface area contributed by atoms with Gasteiger partial charge in [-0.25, -0.2) is 0 Å². The van der Waals surface area contributed by atoms with Crippen molar-refractivity contribution in [1.82, 2.24) is 0 Å². The van der Waals surface area contributed by atoms with Crippen molar-refractivity contribution in [2.75, 3.05) is 0 Å². The molecule has 0 amide bonds. The minimum atomic E-state index is -0.294. The molecule has 2 aliphatic rings. The van der Waals surface area contributed by atoms with Crippen molar-refractivity contribution >= 4 is 13.2 Å². The van der Waals surface area contributed by atoms with Crippen LogP contribution in [0.15, 0.2) is 121 Å². The van der Waals surface area contributed by atoms with Crippen molar-refractivity contribution in [2.45, 2.75) is 16.2 Å². The zero-order chi connectivity index (χ0) is 18.6. The third-order valence-corrected chi connectivity index (χ3v) is 10.3. The molecule has 0 radical (unpaired) electrons. The summed E-state index contributed by atoms with van der Waals surface area (Å²) in [5, 5.41) is 1.96. The Morgan fingerprint density at radius 1 is 0.464 bits per heavy atom. The highest BCUT2D eigenvalue weighted by atomic mass is 31.1. The summed E-state index contributed by atoms with van der Waals surface area (Å²) in [5.74, 6) is 0.553. The number of rotatable bonds is 4. The van der Waals surface area contributed by atoms with E-state index < -0.39 is 0 Å². The second kappa shape index (κ2) is 5.90. The Hall–Kier alpha value is -2.69. The molecule has 6 rings (SSSR count). The lowest BCUT2D eigenvalue weighted by atomic mass is 10.0. The standard InChI is InChI=1S/C27H21P/c1-5-13-21(14-6-1)25-26(22-15-7-2-8-16-22)27(25,23-17-9-3-10-18-23)28(26)24-19-11-4-12-20-24/h1-20,25H/t25?,26-,27+,28?. The number of hydrogen-bond donors (Lipinski definition) is 0. The van der Waals surface area contributed by atoms with E-state index in [1.54, 1.807) is 0 Å². The van der Waals surface area contributed by atoms with Gasteiger partial charge in [0.25, 0.3) is 0 Å². The molecule has 4 aromatic carbocycles. The van der Waals surface area contributed by atoms with Crippen molar-refractivity contribution in [3.63, 3.8) is 0 Å². The molecule has 0 N–H and O–H groups in total. The summed E-state index contributed by atoms with van der Waals surface area (Å²) >= 11 is 0. The fraction of sp³-hybridized carbons (Fsp3) is 0.111. The molecule has 1 aliphatic carbocycles. The molecule has 1 saturated heterocycles. The molecule has 0 bridgehead atoms. The Bertz CT molecular complexity index is 1000. The van der Waals surface area contributed by atoms with E-state index in [1.807, 2.05) is 0 Å². The molecule has 28 heavy (non-hydrogen) atoms. The number of benzene rings is 4. The Balaban J connectivity index is 1.60. The Morgan fingerprint density at radius 3 is 1.32 bits per heavy atom. The van der Waals surface area contributed by atoms with Gasteiger partial charge in [-0.2, -0.15) is 0 Å². The lowest BCUT2D eigenvalue weighted by molar-refractivity contribution is 0.933. The number of fused-ring (bicyclic) bond motifs is 1. The molecule has 0 nitrogen and oxygen atoms in total. The van der Waals surface area contributed by atoms with Crippen LogP contribution in [-0.4, -0.2) is 0 Å².